The molecule has 0 aliphatic carbocycles. The van der Waals surface area contributed by atoms with Crippen molar-refractivity contribution < 1.29 is 5.11 Å². The number of benzene rings is 1. The molecule has 0 unspecified atom stereocenters. The van der Waals surface area contributed by atoms with E-state index in [0.29, 0.717) is 5.75 Å². The Morgan fingerprint density at radius 1 is 1.27 bits per heavy atom. The summed E-state index contributed by atoms with van der Waals surface area (Å²) in [5.74, 6) is 0.338. The first kappa shape index (κ1) is 9.98. The van der Waals surface area contributed by atoms with Gasteiger partial charge in [0.2, 0.25) is 0 Å². The Hall–Kier alpha value is -1.02. The van der Waals surface area contributed by atoms with E-state index in [-0.39, 0.29) is 0 Å². The summed E-state index contributed by atoms with van der Waals surface area (Å²) < 4.78 is 0. The highest BCUT2D eigenvalue weighted by Gasteiger charge is 1.83. The predicted octanol–water partition coefficient (Wildman–Crippen LogP) is 1.54. The van der Waals surface area contributed by atoms with Gasteiger partial charge in [-0.1, -0.05) is 12.1 Å². The zero-order valence-corrected chi connectivity index (χ0v) is 7.26. The van der Waals surface area contributed by atoms with Crippen LogP contribution in [0.15, 0.2) is 24.3 Å². The van der Waals surface area contributed by atoms with Gasteiger partial charge in [-0.3, -0.25) is 0 Å². The number of aryl methyl sites for hydroxylation is 1. The van der Waals surface area contributed by atoms with Crippen molar-refractivity contribution in [2.24, 2.45) is 0 Å². The molecule has 0 atom stereocenters. The average Bonchev–Trinajstić information content (AvgIpc) is 1.88. The van der Waals surface area contributed by atoms with E-state index in [4.69, 9.17) is 5.11 Å². The molecule has 2 nitrogen and oxygen atoms in total. The summed E-state index contributed by atoms with van der Waals surface area (Å²) in [7, 11) is 3.75. The van der Waals surface area contributed by atoms with E-state index in [1.54, 1.807) is 12.1 Å². The van der Waals surface area contributed by atoms with E-state index in [2.05, 4.69) is 5.32 Å². The van der Waals surface area contributed by atoms with Crippen molar-refractivity contribution in [3.8, 4) is 5.75 Å². The largest absolute Gasteiger partial charge is 0.508 e. The van der Waals surface area contributed by atoms with Crippen LogP contribution in [0.4, 0.5) is 0 Å². The van der Waals surface area contributed by atoms with Crippen molar-refractivity contribution in [3.05, 3.63) is 29.8 Å². The second-order valence-electron chi connectivity index (χ2n) is 2.34. The van der Waals surface area contributed by atoms with E-state index in [1.807, 2.05) is 33.2 Å². The SMILES string of the molecule is CNC.Cc1cccc(O)c1. The van der Waals surface area contributed by atoms with Crippen LogP contribution >= 0.6 is 0 Å². The fourth-order valence-corrected chi connectivity index (χ4v) is 0.628. The molecule has 0 spiro atoms. The van der Waals surface area contributed by atoms with Crippen LogP contribution in [0.1, 0.15) is 5.56 Å². The van der Waals surface area contributed by atoms with Gasteiger partial charge in [0.05, 0.1) is 0 Å². The molecule has 0 heterocycles. The topological polar surface area (TPSA) is 32.3 Å². The minimum absolute atomic E-state index is 0.338. The monoisotopic (exact) mass is 153 g/mol. The lowest BCUT2D eigenvalue weighted by Gasteiger charge is -1.89. The highest BCUT2D eigenvalue weighted by Crippen LogP contribution is 2.08. The summed E-state index contributed by atoms with van der Waals surface area (Å²) in [5.41, 5.74) is 1.09. The van der Waals surface area contributed by atoms with Gasteiger partial charge in [-0.25, -0.2) is 0 Å². The lowest BCUT2D eigenvalue weighted by Crippen LogP contribution is -1.89. The maximum absolute atomic E-state index is 8.81. The fraction of sp³-hybridized carbons (Fsp3) is 0.333. The van der Waals surface area contributed by atoms with Crippen LogP contribution in [0.25, 0.3) is 0 Å². The summed E-state index contributed by atoms with van der Waals surface area (Å²) >= 11 is 0. The molecule has 0 saturated carbocycles. The van der Waals surface area contributed by atoms with Gasteiger partial charge in [-0.05, 0) is 38.7 Å². The molecule has 0 aliphatic heterocycles. The number of hydrogen-bond acceptors (Lipinski definition) is 2. The number of rotatable bonds is 0. The van der Waals surface area contributed by atoms with Crippen LogP contribution < -0.4 is 5.32 Å². The van der Waals surface area contributed by atoms with Crippen molar-refractivity contribution in [1.29, 1.82) is 0 Å². The van der Waals surface area contributed by atoms with E-state index in [1.165, 1.54) is 0 Å². The second kappa shape index (κ2) is 5.74. The van der Waals surface area contributed by atoms with Gasteiger partial charge in [0, 0.05) is 0 Å². The highest BCUT2D eigenvalue weighted by atomic mass is 16.3. The average molecular weight is 153 g/mol. The van der Waals surface area contributed by atoms with Crippen LogP contribution in [0.3, 0.4) is 0 Å². The van der Waals surface area contributed by atoms with Crippen LogP contribution in [0.5, 0.6) is 5.75 Å². The lowest BCUT2D eigenvalue weighted by atomic mass is 10.2. The Bertz CT molecular complexity index is 181. The molecule has 11 heavy (non-hydrogen) atoms. The molecule has 2 N–H and O–H groups in total. The van der Waals surface area contributed by atoms with Gasteiger partial charge in [0.25, 0.3) is 0 Å². The van der Waals surface area contributed by atoms with Gasteiger partial charge in [0.1, 0.15) is 5.75 Å². The third kappa shape index (κ3) is 5.43. The molecule has 0 amide bonds. The van der Waals surface area contributed by atoms with Crippen molar-refractivity contribution >= 4 is 0 Å². The van der Waals surface area contributed by atoms with Crippen LogP contribution in [0, 0.1) is 6.92 Å². The quantitative estimate of drug-likeness (QED) is 0.592. The molecule has 0 aromatic heterocycles. The first-order valence-corrected chi connectivity index (χ1v) is 3.54. The third-order valence-corrected chi connectivity index (χ3v) is 1.00. The molecular weight excluding hydrogens is 138 g/mol. The molecular formula is C9H15NO. The number of hydrogen-bond donors (Lipinski definition) is 2. The molecule has 0 saturated heterocycles. The zero-order valence-electron chi connectivity index (χ0n) is 7.26. The zero-order chi connectivity index (χ0) is 8.69. The first-order valence-electron chi connectivity index (χ1n) is 3.54. The third-order valence-electron chi connectivity index (χ3n) is 1.00. The Morgan fingerprint density at radius 2 is 1.82 bits per heavy atom. The van der Waals surface area contributed by atoms with Gasteiger partial charge in [0.15, 0.2) is 0 Å². The predicted molar refractivity (Wildman–Crippen MR) is 47.8 cm³/mol. The van der Waals surface area contributed by atoms with Crippen molar-refractivity contribution in [1.82, 2.24) is 5.32 Å². The van der Waals surface area contributed by atoms with Crippen LogP contribution in [0.2, 0.25) is 0 Å². The van der Waals surface area contributed by atoms with E-state index in [0.717, 1.165) is 5.56 Å². The molecule has 2 heteroatoms. The molecule has 1 aromatic carbocycles. The summed E-state index contributed by atoms with van der Waals surface area (Å²) in [4.78, 5) is 0. The Morgan fingerprint density at radius 3 is 2.09 bits per heavy atom. The minimum atomic E-state index is 0.338. The number of nitrogens with one attached hydrogen (secondary N) is 1. The number of aromatic hydroxyl groups is 1. The van der Waals surface area contributed by atoms with Crippen molar-refractivity contribution in [3.63, 3.8) is 0 Å². The summed E-state index contributed by atoms with van der Waals surface area (Å²) in [6.07, 6.45) is 0. The smallest absolute Gasteiger partial charge is 0.115 e. The van der Waals surface area contributed by atoms with Crippen molar-refractivity contribution in [2.45, 2.75) is 6.92 Å². The Balaban J connectivity index is 0.000000292. The van der Waals surface area contributed by atoms with Gasteiger partial charge < -0.3 is 10.4 Å². The lowest BCUT2D eigenvalue weighted by molar-refractivity contribution is 0.475. The van der Waals surface area contributed by atoms with E-state index in [9.17, 15) is 0 Å². The van der Waals surface area contributed by atoms with E-state index >= 15 is 0 Å². The van der Waals surface area contributed by atoms with Crippen LogP contribution in [-0.2, 0) is 0 Å². The summed E-state index contributed by atoms with van der Waals surface area (Å²) in [6.45, 7) is 1.94. The molecule has 62 valence electrons. The van der Waals surface area contributed by atoms with Gasteiger partial charge in [-0.2, -0.15) is 0 Å². The maximum Gasteiger partial charge on any atom is 0.115 e. The standard InChI is InChI=1S/C7H8O.C2H7N/c1-6-3-2-4-7(8)5-6;1-3-2/h2-5,8H,1H3;3H,1-2H3. The second-order valence-corrected chi connectivity index (χ2v) is 2.34. The number of phenols is 1. The fourth-order valence-electron chi connectivity index (χ4n) is 0.628. The minimum Gasteiger partial charge on any atom is -0.508 e. The first-order chi connectivity index (χ1) is 5.20. The molecule has 0 aliphatic rings. The molecule has 1 aromatic rings. The van der Waals surface area contributed by atoms with Crippen LogP contribution in [-0.4, -0.2) is 19.2 Å². The summed E-state index contributed by atoms with van der Waals surface area (Å²) in [5, 5.41) is 11.6. The van der Waals surface area contributed by atoms with E-state index < -0.39 is 0 Å². The molecule has 1 rings (SSSR count). The molecule has 0 bridgehead atoms. The summed E-state index contributed by atoms with van der Waals surface area (Å²) in [6, 6.07) is 7.15. The van der Waals surface area contributed by atoms with Gasteiger partial charge in [-0.15, -0.1) is 0 Å². The maximum atomic E-state index is 8.81. The normalized spacial score (nSPS) is 8.27. The van der Waals surface area contributed by atoms with Crippen molar-refractivity contribution in [2.75, 3.05) is 14.1 Å². The number of phenolic OH excluding ortho intramolecular Hbond substituents is 1. The molecule has 0 radical (unpaired) electrons. The van der Waals surface area contributed by atoms with Gasteiger partial charge >= 0.3 is 0 Å². The molecule has 0 fully saturated rings. The Kier molecular flexibility index (Phi) is 5.21. The highest BCUT2D eigenvalue weighted by molar-refractivity contribution is 5.25. The Labute approximate surface area is 67.9 Å².